The number of nitrogens with zero attached hydrogens (tertiary/aromatic N) is 2. The number of ketones is 1. The van der Waals surface area contributed by atoms with Gasteiger partial charge < -0.3 is 19.7 Å². The van der Waals surface area contributed by atoms with E-state index in [1.807, 2.05) is 0 Å². The molecule has 2 fully saturated rings. The van der Waals surface area contributed by atoms with Gasteiger partial charge in [-0.1, -0.05) is 0 Å². The van der Waals surface area contributed by atoms with Crippen LogP contribution in [-0.4, -0.2) is 66.9 Å². The first kappa shape index (κ1) is 25.3. The Balaban J connectivity index is 0.00000363. The smallest absolute Gasteiger partial charge is 0.322 e. The summed E-state index contributed by atoms with van der Waals surface area (Å²) in [6.07, 6.45) is 2.71. The summed E-state index contributed by atoms with van der Waals surface area (Å²) in [6.45, 7) is 2.12. The average Bonchev–Trinajstić information content (AvgIpc) is 3.03. The molecule has 12 heteroatoms. The van der Waals surface area contributed by atoms with Crippen LogP contribution in [0.25, 0.3) is 0 Å². The van der Waals surface area contributed by atoms with Gasteiger partial charge in [0.25, 0.3) is 5.91 Å². The van der Waals surface area contributed by atoms with Gasteiger partial charge in [0, 0.05) is 31.6 Å². The number of nitro benzene ring substituents is 1. The lowest BCUT2D eigenvalue weighted by Crippen LogP contribution is -2.54. The van der Waals surface area contributed by atoms with Crippen LogP contribution in [0.15, 0.2) is 12.1 Å². The molecule has 1 spiro atoms. The highest BCUT2D eigenvalue weighted by atomic mass is 35.5. The molecule has 0 aliphatic carbocycles. The van der Waals surface area contributed by atoms with E-state index in [4.69, 9.17) is 9.47 Å². The van der Waals surface area contributed by atoms with E-state index in [-0.39, 0.29) is 53.3 Å². The van der Waals surface area contributed by atoms with Crippen LogP contribution in [0, 0.1) is 10.1 Å². The van der Waals surface area contributed by atoms with Crippen LogP contribution >= 0.6 is 12.4 Å². The number of likely N-dealkylation sites (tertiary alicyclic amines) is 1. The van der Waals surface area contributed by atoms with Crippen molar-refractivity contribution < 1.29 is 28.8 Å². The van der Waals surface area contributed by atoms with Gasteiger partial charge >= 0.3 is 11.7 Å². The molecule has 0 saturated carbocycles. The number of piperidine rings is 1. The first-order chi connectivity index (χ1) is 14.8. The minimum absolute atomic E-state index is 0. The van der Waals surface area contributed by atoms with Crippen molar-refractivity contribution in [2.24, 2.45) is 0 Å². The van der Waals surface area contributed by atoms with Gasteiger partial charge in [0.05, 0.1) is 24.7 Å². The van der Waals surface area contributed by atoms with Crippen molar-refractivity contribution in [3.63, 3.8) is 0 Å². The van der Waals surface area contributed by atoms with E-state index in [0.717, 1.165) is 13.0 Å². The molecule has 0 bridgehead atoms. The number of hydrogen-bond donors (Lipinski definition) is 2. The maximum atomic E-state index is 12.6. The van der Waals surface area contributed by atoms with Crippen LogP contribution in [-0.2, 0) is 4.79 Å². The number of nitro groups is 1. The fourth-order valence-electron chi connectivity index (χ4n) is 4.04. The van der Waals surface area contributed by atoms with Crippen LogP contribution in [0.5, 0.6) is 11.5 Å². The van der Waals surface area contributed by atoms with Gasteiger partial charge in [-0.05, 0) is 32.2 Å². The van der Waals surface area contributed by atoms with Crippen LogP contribution in [0.3, 0.4) is 0 Å². The highest BCUT2D eigenvalue weighted by molar-refractivity contribution is 6.07. The molecule has 2 aliphatic heterocycles. The predicted octanol–water partition coefficient (Wildman–Crippen LogP) is 2.06. The lowest BCUT2D eigenvalue weighted by Gasteiger charge is -2.36. The van der Waals surface area contributed by atoms with Gasteiger partial charge in [-0.15, -0.1) is 12.4 Å². The van der Waals surface area contributed by atoms with E-state index >= 15 is 0 Å². The zero-order valence-electron chi connectivity index (χ0n) is 18.0. The molecular weight excluding hydrogens is 444 g/mol. The maximum Gasteiger partial charge on any atom is 0.322 e. The summed E-state index contributed by atoms with van der Waals surface area (Å²) < 4.78 is 10.2. The van der Waals surface area contributed by atoms with Gasteiger partial charge in [0.1, 0.15) is 11.3 Å². The standard InChI is InChI=1S/C20H26N4O7.ClH/c1-30-16-12-17(31-2)14(24(28)29)11-13(16)15(25)5-3-4-8-23-9-6-20(7-10-23)18(26)21-19(27)22-20;/h11-12H,3-10H2,1-2H3,(H2,21,22,26,27);1H. The SMILES string of the molecule is COc1cc(OC)c([N+](=O)[O-])cc1C(=O)CCCCN1CCC2(CC1)NC(=O)NC2=O.Cl. The number of benzene rings is 1. The van der Waals surface area contributed by atoms with Crippen molar-refractivity contribution in [2.75, 3.05) is 33.9 Å². The molecular formula is C20H27ClN4O7. The normalized spacial score (nSPS) is 17.3. The minimum atomic E-state index is -0.789. The van der Waals surface area contributed by atoms with Crippen molar-refractivity contribution in [1.82, 2.24) is 15.5 Å². The molecule has 32 heavy (non-hydrogen) atoms. The summed E-state index contributed by atoms with van der Waals surface area (Å²) in [5, 5.41) is 16.3. The molecule has 0 unspecified atom stereocenters. The van der Waals surface area contributed by atoms with E-state index in [1.54, 1.807) is 0 Å². The third-order valence-corrected chi connectivity index (χ3v) is 5.85. The highest BCUT2D eigenvalue weighted by Crippen LogP contribution is 2.35. The van der Waals surface area contributed by atoms with Crippen molar-refractivity contribution in [1.29, 1.82) is 0 Å². The van der Waals surface area contributed by atoms with Gasteiger partial charge in [-0.25, -0.2) is 4.79 Å². The number of methoxy groups -OCH3 is 2. The molecule has 1 aromatic carbocycles. The highest BCUT2D eigenvalue weighted by Gasteiger charge is 2.47. The molecule has 2 saturated heterocycles. The van der Waals surface area contributed by atoms with Gasteiger partial charge in [0.15, 0.2) is 5.78 Å². The molecule has 2 aliphatic rings. The molecule has 176 valence electrons. The lowest BCUT2D eigenvalue weighted by atomic mass is 9.87. The molecule has 0 atom stereocenters. The molecule has 0 aromatic heterocycles. The Labute approximate surface area is 191 Å². The minimum Gasteiger partial charge on any atom is -0.496 e. The number of Topliss-reactive ketones (excluding diaryl/α,β-unsaturated/α-hetero) is 1. The van der Waals surface area contributed by atoms with Crippen LogP contribution < -0.4 is 20.1 Å². The van der Waals surface area contributed by atoms with E-state index < -0.39 is 16.5 Å². The zero-order chi connectivity index (χ0) is 22.6. The van der Waals surface area contributed by atoms with E-state index in [0.29, 0.717) is 32.4 Å². The Kier molecular flexibility index (Phi) is 8.39. The molecule has 2 heterocycles. The number of carbonyl (C=O) groups excluding carboxylic acids is 3. The Morgan fingerprint density at radius 3 is 2.34 bits per heavy atom. The number of nitrogens with one attached hydrogen (secondary N) is 2. The number of urea groups is 1. The third-order valence-electron chi connectivity index (χ3n) is 5.85. The Morgan fingerprint density at radius 1 is 1.16 bits per heavy atom. The third kappa shape index (κ3) is 5.28. The van der Waals surface area contributed by atoms with E-state index in [2.05, 4.69) is 15.5 Å². The number of carbonyl (C=O) groups is 3. The average molecular weight is 471 g/mol. The molecule has 2 N–H and O–H groups in total. The summed E-state index contributed by atoms with van der Waals surface area (Å²) in [7, 11) is 2.71. The van der Waals surface area contributed by atoms with Crippen molar-refractivity contribution >= 4 is 35.8 Å². The number of halogens is 1. The summed E-state index contributed by atoms with van der Waals surface area (Å²) in [6, 6.07) is 2.11. The first-order valence-electron chi connectivity index (χ1n) is 10.1. The van der Waals surface area contributed by atoms with Crippen molar-refractivity contribution in [2.45, 2.75) is 37.6 Å². The number of hydrogen-bond acceptors (Lipinski definition) is 8. The number of ether oxygens (including phenoxy) is 2. The number of rotatable bonds is 9. The molecule has 3 rings (SSSR count). The van der Waals surface area contributed by atoms with Crippen molar-refractivity contribution in [3.05, 3.63) is 27.8 Å². The largest absolute Gasteiger partial charge is 0.496 e. The Bertz CT molecular complexity index is 900. The molecule has 3 amide bonds. The summed E-state index contributed by atoms with van der Waals surface area (Å²) in [4.78, 5) is 48.9. The second-order valence-electron chi connectivity index (χ2n) is 7.69. The van der Waals surface area contributed by atoms with E-state index in [9.17, 15) is 24.5 Å². The Hall–Kier alpha value is -2.92. The summed E-state index contributed by atoms with van der Waals surface area (Å²) in [5.74, 6) is -0.213. The topological polar surface area (TPSA) is 140 Å². The van der Waals surface area contributed by atoms with Crippen LogP contribution in [0.2, 0.25) is 0 Å². The zero-order valence-corrected chi connectivity index (χ0v) is 18.8. The Morgan fingerprint density at radius 2 is 1.81 bits per heavy atom. The molecule has 1 aromatic rings. The van der Waals surface area contributed by atoms with Gasteiger partial charge in [-0.2, -0.15) is 0 Å². The molecule has 0 radical (unpaired) electrons. The first-order valence-corrected chi connectivity index (χ1v) is 10.1. The number of amides is 3. The fourth-order valence-corrected chi connectivity index (χ4v) is 4.04. The second kappa shape index (κ2) is 10.6. The van der Waals surface area contributed by atoms with Crippen LogP contribution in [0.4, 0.5) is 10.5 Å². The quantitative estimate of drug-likeness (QED) is 0.184. The molecule has 11 nitrogen and oxygen atoms in total. The van der Waals surface area contributed by atoms with Crippen LogP contribution in [0.1, 0.15) is 42.5 Å². The van der Waals surface area contributed by atoms with Gasteiger partial charge in [-0.3, -0.25) is 25.0 Å². The summed E-state index contributed by atoms with van der Waals surface area (Å²) in [5.41, 5.74) is -0.904. The number of unbranched alkanes of at least 4 members (excludes halogenated alkanes) is 1. The monoisotopic (exact) mass is 470 g/mol. The summed E-state index contributed by atoms with van der Waals surface area (Å²) >= 11 is 0. The predicted molar refractivity (Wildman–Crippen MR) is 117 cm³/mol. The van der Waals surface area contributed by atoms with E-state index in [1.165, 1.54) is 26.4 Å². The van der Waals surface area contributed by atoms with Crippen molar-refractivity contribution in [3.8, 4) is 11.5 Å². The maximum absolute atomic E-state index is 12.6. The number of imide groups is 1. The fraction of sp³-hybridized carbons (Fsp3) is 0.550. The lowest BCUT2D eigenvalue weighted by molar-refractivity contribution is -0.385. The van der Waals surface area contributed by atoms with Gasteiger partial charge in [0.2, 0.25) is 5.75 Å². The second-order valence-corrected chi connectivity index (χ2v) is 7.69.